The highest BCUT2D eigenvalue weighted by atomic mass is 79.9. The highest BCUT2D eigenvalue weighted by Crippen LogP contribution is 2.34. The first-order valence-electron chi connectivity index (χ1n) is 7.47. The molecule has 0 spiro atoms. The fraction of sp³-hybridized carbons (Fsp3) is 0.500. The minimum Gasteiger partial charge on any atom is -0.491 e. The van der Waals surface area contributed by atoms with Crippen LogP contribution in [0.3, 0.4) is 0 Å². The normalized spacial score (nSPS) is 24.3. The summed E-state index contributed by atoms with van der Waals surface area (Å²) in [4.78, 5) is 25.5. The third-order valence-electron chi connectivity index (χ3n) is 4.45. The lowest BCUT2D eigenvalue weighted by molar-refractivity contribution is -0.141. The quantitative estimate of drug-likeness (QED) is 0.872. The van der Waals surface area contributed by atoms with Crippen molar-refractivity contribution in [2.45, 2.75) is 25.8 Å². The van der Waals surface area contributed by atoms with E-state index in [2.05, 4.69) is 15.9 Å². The Morgan fingerprint density at radius 2 is 2.05 bits per heavy atom. The maximum absolute atomic E-state index is 12.7. The van der Waals surface area contributed by atoms with Gasteiger partial charge in [-0.05, 0) is 37.5 Å². The third kappa shape index (κ3) is 3.11. The van der Waals surface area contributed by atoms with Gasteiger partial charge in [0.15, 0.2) is 0 Å². The van der Waals surface area contributed by atoms with Crippen LogP contribution in [-0.2, 0) is 16.1 Å². The molecule has 22 heavy (non-hydrogen) atoms. The van der Waals surface area contributed by atoms with Crippen molar-refractivity contribution in [2.75, 3.05) is 13.2 Å². The molecule has 1 N–H and O–H groups in total. The fourth-order valence-electron chi connectivity index (χ4n) is 3.24. The molecule has 6 heteroatoms. The monoisotopic (exact) mass is 367 g/mol. The van der Waals surface area contributed by atoms with Crippen LogP contribution in [0.5, 0.6) is 5.75 Å². The second kappa shape index (κ2) is 6.28. The van der Waals surface area contributed by atoms with Crippen LogP contribution in [0.4, 0.5) is 0 Å². The molecule has 2 atom stereocenters. The molecule has 1 heterocycles. The summed E-state index contributed by atoms with van der Waals surface area (Å²) in [5.74, 6) is -0.467. The maximum atomic E-state index is 12.7. The molecule has 1 aliphatic carbocycles. The van der Waals surface area contributed by atoms with E-state index >= 15 is 0 Å². The van der Waals surface area contributed by atoms with E-state index in [1.165, 1.54) is 0 Å². The van der Waals surface area contributed by atoms with Gasteiger partial charge in [0, 0.05) is 22.5 Å². The summed E-state index contributed by atoms with van der Waals surface area (Å²) >= 11 is 3.44. The summed E-state index contributed by atoms with van der Waals surface area (Å²) < 4.78 is 6.65. The van der Waals surface area contributed by atoms with E-state index in [-0.39, 0.29) is 17.7 Å². The van der Waals surface area contributed by atoms with E-state index in [1.807, 2.05) is 18.2 Å². The second-order valence-electron chi connectivity index (χ2n) is 5.91. The Labute approximate surface area is 137 Å². The molecular formula is C16H18BrNO4. The predicted octanol–water partition coefficient (Wildman–Crippen LogP) is 2.67. The van der Waals surface area contributed by atoms with E-state index in [0.717, 1.165) is 15.8 Å². The Bertz CT molecular complexity index is 604. The number of carboxylic acid groups (broad SMARTS) is 1. The van der Waals surface area contributed by atoms with Gasteiger partial charge in [-0.2, -0.15) is 0 Å². The summed E-state index contributed by atoms with van der Waals surface area (Å²) in [6, 6.07) is 5.80. The molecular weight excluding hydrogens is 350 g/mol. The summed E-state index contributed by atoms with van der Waals surface area (Å²) in [7, 11) is 0. The molecule has 1 aromatic rings. The third-order valence-corrected chi connectivity index (χ3v) is 4.94. The average molecular weight is 368 g/mol. The smallest absolute Gasteiger partial charge is 0.306 e. The highest BCUT2D eigenvalue weighted by molar-refractivity contribution is 9.10. The van der Waals surface area contributed by atoms with Crippen molar-refractivity contribution < 1.29 is 19.4 Å². The molecule has 0 saturated heterocycles. The molecule has 3 rings (SSSR count). The van der Waals surface area contributed by atoms with Gasteiger partial charge in [-0.3, -0.25) is 9.59 Å². The number of carboxylic acids is 1. The Hall–Kier alpha value is -1.56. The van der Waals surface area contributed by atoms with Crippen LogP contribution < -0.4 is 4.74 Å². The van der Waals surface area contributed by atoms with Gasteiger partial charge in [0.05, 0.1) is 12.5 Å². The minimum absolute atomic E-state index is 0.0557. The fourth-order valence-corrected chi connectivity index (χ4v) is 3.65. The molecule has 1 amide bonds. The molecule has 1 aromatic carbocycles. The van der Waals surface area contributed by atoms with Crippen molar-refractivity contribution in [1.82, 2.24) is 4.90 Å². The standard InChI is InChI=1S/C16H18BrNO4/c17-13-3-4-14-12(8-13)9-18(5-6-22-14)15(19)10-1-2-11(7-10)16(20)21/h3-4,8,10-11H,1-2,5-7,9H2,(H,20,21)/t10-,11+/m0/s1. The van der Waals surface area contributed by atoms with Gasteiger partial charge in [-0.1, -0.05) is 15.9 Å². The van der Waals surface area contributed by atoms with E-state index < -0.39 is 5.97 Å². The van der Waals surface area contributed by atoms with Gasteiger partial charge in [0.25, 0.3) is 0 Å². The van der Waals surface area contributed by atoms with Crippen molar-refractivity contribution in [3.63, 3.8) is 0 Å². The number of rotatable bonds is 2. The number of carbonyl (C=O) groups excluding carboxylic acids is 1. The molecule has 0 unspecified atom stereocenters. The van der Waals surface area contributed by atoms with Gasteiger partial charge >= 0.3 is 5.97 Å². The first-order valence-corrected chi connectivity index (χ1v) is 8.26. The second-order valence-corrected chi connectivity index (χ2v) is 6.82. The zero-order valence-electron chi connectivity index (χ0n) is 12.1. The first kappa shape index (κ1) is 15.3. The van der Waals surface area contributed by atoms with Crippen molar-refractivity contribution in [3.8, 4) is 5.75 Å². The van der Waals surface area contributed by atoms with E-state index in [9.17, 15) is 9.59 Å². The van der Waals surface area contributed by atoms with Gasteiger partial charge in [0.1, 0.15) is 12.4 Å². The number of carbonyl (C=O) groups is 2. The molecule has 5 nitrogen and oxygen atoms in total. The Kier molecular flexibility index (Phi) is 4.38. The van der Waals surface area contributed by atoms with Crippen molar-refractivity contribution >= 4 is 27.8 Å². The number of hydrogen-bond acceptors (Lipinski definition) is 3. The molecule has 1 saturated carbocycles. The number of fused-ring (bicyclic) bond motifs is 1. The largest absolute Gasteiger partial charge is 0.491 e. The van der Waals surface area contributed by atoms with Crippen molar-refractivity contribution in [3.05, 3.63) is 28.2 Å². The average Bonchev–Trinajstić information content (AvgIpc) is 2.88. The topological polar surface area (TPSA) is 66.8 Å². The minimum atomic E-state index is -0.788. The van der Waals surface area contributed by atoms with Crippen molar-refractivity contribution in [2.24, 2.45) is 11.8 Å². The lowest BCUT2D eigenvalue weighted by Gasteiger charge is -2.23. The van der Waals surface area contributed by atoms with Crippen LogP contribution >= 0.6 is 15.9 Å². The molecule has 0 radical (unpaired) electrons. The Morgan fingerprint density at radius 1 is 1.27 bits per heavy atom. The van der Waals surface area contributed by atoms with Crippen molar-refractivity contribution in [1.29, 1.82) is 0 Å². The number of halogens is 1. The van der Waals surface area contributed by atoms with E-state index in [1.54, 1.807) is 4.90 Å². The van der Waals surface area contributed by atoms with Crippen LogP contribution in [0.2, 0.25) is 0 Å². The molecule has 118 valence electrons. The summed E-state index contributed by atoms with van der Waals surface area (Å²) in [5.41, 5.74) is 0.980. The van der Waals surface area contributed by atoms with Gasteiger partial charge in [-0.15, -0.1) is 0 Å². The van der Waals surface area contributed by atoms with Gasteiger partial charge in [-0.25, -0.2) is 0 Å². The number of benzene rings is 1. The number of nitrogens with zero attached hydrogens (tertiary/aromatic N) is 1. The summed E-state index contributed by atoms with van der Waals surface area (Å²) in [5, 5.41) is 9.08. The number of aliphatic carboxylic acids is 1. The van der Waals surface area contributed by atoms with Crippen LogP contribution in [0.1, 0.15) is 24.8 Å². The summed E-state index contributed by atoms with van der Waals surface area (Å²) in [6.45, 7) is 1.52. The first-order chi connectivity index (χ1) is 10.5. The molecule has 0 bridgehead atoms. The SMILES string of the molecule is O=C(O)[C@@H]1CC[C@H](C(=O)N2CCOc3ccc(Br)cc3C2)C1. The number of ether oxygens (including phenoxy) is 1. The van der Waals surface area contributed by atoms with Crippen LogP contribution in [0, 0.1) is 11.8 Å². The van der Waals surface area contributed by atoms with Gasteiger partial charge < -0.3 is 14.7 Å². The number of amides is 1. The summed E-state index contributed by atoms with van der Waals surface area (Å²) in [6.07, 6.45) is 1.72. The zero-order chi connectivity index (χ0) is 15.7. The van der Waals surface area contributed by atoms with Gasteiger partial charge in [0.2, 0.25) is 5.91 Å². The predicted molar refractivity (Wildman–Crippen MR) is 83.5 cm³/mol. The van der Waals surface area contributed by atoms with Crippen LogP contribution in [0.15, 0.2) is 22.7 Å². The van der Waals surface area contributed by atoms with Crippen LogP contribution in [-0.4, -0.2) is 35.0 Å². The van der Waals surface area contributed by atoms with Crippen LogP contribution in [0.25, 0.3) is 0 Å². The van der Waals surface area contributed by atoms with E-state index in [4.69, 9.17) is 9.84 Å². The molecule has 1 aliphatic heterocycles. The molecule has 2 aliphatic rings. The lowest BCUT2D eigenvalue weighted by Crippen LogP contribution is -2.36. The number of hydrogen-bond donors (Lipinski definition) is 1. The maximum Gasteiger partial charge on any atom is 0.306 e. The molecule has 0 aromatic heterocycles. The van der Waals surface area contributed by atoms with E-state index in [0.29, 0.717) is 39.0 Å². The Balaban J connectivity index is 1.72. The molecule has 1 fully saturated rings. The zero-order valence-corrected chi connectivity index (χ0v) is 13.7. The highest BCUT2D eigenvalue weighted by Gasteiger charge is 2.36. The lowest BCUT2D eigenvalue weighted by atomic mass is 10.0. The Morgan fingerprint density at radius 3 is 2.77 bits per heavy atom.